The van der Waals surface area contributed by atoms with Gasteiger partial charge in [0.15, 0.2) is 0 Å². The van der Waals surface area contributed by atoms with E-state index in [4.69, 9.17) is 0 Å². The molecule has 29 heavy (non-hydrogen) atoms. The molecule has 1 atom stereocenters. The largest absolute Gasteiger partial charge is 0.469 e. The average Bonchev–Trinajstić information content (AvgIpc) is 2.56. The van der Waals surface area contributed by atoms with Crippen molar-refractivity contribution in [3.63, 3.8) is 0 Å². The molecule has 1 N–H and O–H groups in total. The van der Waals surface area contributed by atoms with E-state index in [0.29, 0.717) is 5.56 Å². The van der Waals surface area contributed by atoms with E-state index in [1.165, 1.54) is 0 Å². The van der Waals surface area contributed by atoms with Gasteiger partial charge in [0.1, 0.15) is 19.7 Å². The van der Waals surface area contributed by atoms with Crippen molar-refractivity contribution >= 4 is 25.8 Å². The summed E-state index contributed by atoms with van der Waals surface area (Å²) in [6.45, 7) is 0.616. The lowest BCUT2D eigenvalue weighted by molar-refractivity contribution is -0.0458. The van der Waals surface area contributed by atoms with Crippen molar-refractivity contribution in [1.29, 1.82) is 0 Å². The second-order valence-electron chi connectivity index (χ2n) is 5.53. The second-order valence-corrected chi connectivity index (χ2v) is 9.71. The lowest BCUT2D eigenvalue weighted by Crippen LogP contribution is -2.41. The number of rotatable bonds is 7. The number of hydrogen-bond acceptors (Lipinski definition) is 6. The topological polar surface area (TPSA) is 107 Å². The highest BCUT2D eigenvalue weighted by Crippen LogP contribution is 2.43. The Hall–Kier alpha value is -2.03. The molecule has 1 aromatic rings. The molecule has 0 fully saturated rings. The molecule has 1 amide bonds. The predicted molar refractivity (Wildman–Crippen MR) is 87.0 cm³/mol. The number of alkyl carbamates (subject to hydrolysis) is 1. The summed E-state index contributed by atoms with van der Waals surface area (Å²) in [5, 5.41) is 2.13. The van der Waals surface area contributed by atoms with E-state index in [1.54, 1.807) is 30.3 Å². The first kappa shape index (κ1) is 25.0. The molecular formula is C14H14F6NO6S2-. The zero-order valence-electron chi connectivity index (χ0n) is 14.4. The smallest absolute Gasteiger partial charge is 0.449 e. The van der Waals surface area contributed by atoms with E-state index in [2.05, 4.69) is 10.1 Å². The SMILES string of the molecule is CC(C[C-](S(=O)(=O)C(F)(F)F)S(=O)(=O)C(F)(F)F)OC(=O)NCc1ccccc1. The minimum Gasteiger partial charge on any atom is -0.449 e. The van der Waals surface area contributed by atoms with Crippen molar-refractivity contribution in [3.05, 3.63) is 40.5 Å². The molecule has 0 radical (unpaired) electrons. The molecular weight excluding hydrogens is 456 g/mol. The van der Waals surface area contributed by atoms with Gasteiger partial charge in [0.25, 0.3) is 0 Å². The van der Waals surface area contributed by atoms with Crippen molar-refractivity contribution in [1.82, 2.24) is 5.32 Å². The zero-order valence-corrected chi connectivity index (χ0v) is 16.0. The average molecular weight is 470 g/mol. The molecule has 0 aromatic heterocycles. The number of carbonyl (C=O) groups excluding carboxylic acids is 1. The van der Waals surface area contributed by atoms with Gasteiger partial charge in [-0.3, -0.25) is 16.8 Å². The maximum absolute atomic E-state index is 12.7. The standard InChI is InChI=1S/C14H14F6NO6S2/c1-9(27-12(22)21-8-10-5-3-2-4-6-10)7-11(28(23,24)13(15,16)17)29(25,26)14(18,19)20/h2-6,9H,7-8H2,1H3,(H,21,22)/q-1. The normalized spacial score (nSPS) is 14.5. The Morgan fingerprint density at radius 2 is 1.45 bits per heavy atom. The van der Waals surface area contributed by atoms with Crippen LogP contribution in [0.25, 0.3) is 0 Å². The van der Waals surface area contributed by atoms with Crippen molar-refractivity contribution in [2.24, 2.45) is 0 Å². The number of halogens is 6. The Balaban J connectivity index is 2.98. The Kier molecular flexibility index (Phi) is 7.56. The van der Waals surface area contributed by atoms with Crippen LogP contribution in [-0.2, 0) is 31.0 Å². The highest BCUT2D eigenvalue weighted by molar-refractivity contribution is 8.13. The summed E-state index contributed by atoms with van der Waals surface area (Å²) < 4.78 is 123. The van der Waals surface area contributed by atoms with Gasteiger partial charge in [0.05, 0.1) is 6.10 Å². The van der Waals surface area contributed by atoms with Crippen LogP contribution in [0.2, 0.25) is 0 Å². The summed E-state index contributed by atoms with van der Waals surface area (Å²) in [5.41, 5.74) is -12.0. The lowest BCUT2D eigenvalue weighted by Gasteiger charge is -2.33. The van der Waals surface area contributed by atoms with Crippen LogP contribution in [0.4, 0.5) is 31.1 Å². The van der Waals surface area contributed by atoms with Gasteiger partial charge in [0.2, 0.25) is 0 Å². The van der Waals surface area contributed by atoms with Gasteiger partial charge in [-0.25, -0.2) is 4.79 Å². The third-order valence-corrected chi connectivity index (χ3v) is 7.32. The highest BCUT2D eigenvalue weighted by Gasteiger charge is 2.54. The third kappa shape index (κ3) is 6.22. The fourth-order valence-electron chi connectivity index (χ4n) is 1.89. The van der Waals surface area contributed by atoms with Gasteiger partial charge in [-0.15, -0.1) is 6.42 Å². The highest BCUT2D eigenvalue weighted by atomic mass is 32.3. The quantitative estimate of drug-likeness (QED) is 0.485. The summed E-state index contributed by atoms with van der Waals surface area (Å²) in [7, 11) is -13.7. The summed E-state index contributed by atoms with van der Waals surface area (Å²) >= 11 is 0. The fourth-order valence-corrected chi connectivity index (χ4v) is 5.04. The number of sulfone groups is 2. The van der Waals surface area contributed by atoms with Crippen LogP contribution in [0.5, 0.6) is 0 Å². The van der Waals surface area contributed by atoms with Crippen molar-refractivity contribution in [2.45, 2.75) is 37.0 Å². The summed E-state index contributed by atoms with van der Waals surface area (Å²) in [4.78, 5) is 11.6. The number of alkyl halides is 6. The molecule has 0 aliphatic rings. The lowest BCUT2D eigenvalue weighted by atomic mass is 10.2. The Morgan fingerprint density at radius 3 is 1.86 bits per heavy atom. The van der Waals surface area contributed by atoms with Crippen LogP contribution in [-0.4, -0.2) is 40.0 Å². The molecule has 0 aliphatic carbocycles. The molecule has 0 spiro atoms. The van der Waals surface area contributed by atoms with Gasteiger partial charge in [-0.05, 0) is 12.5 Å². The van der Waals surface area contributed by atoms with Crippen LogP contribution in [0.15, 0.2) is 30.3 Å². The van der Waals surface area contributed by atoms with E-state index in [-0.39, 0.29) is 6.54 Å². The first-order chi connectivity index (χ1) is 13.0. The molecule has 0 saturated heterocycles. The molecule has 1 unspecified atom stereocenters. The molecule has 0 heterocycles. The molecule has 166 valence electrons. The number of benzene rings is 1. The number of ether oxygens (including phenoxy) is 1. The van der Waals surface area contributed by atoms with Crippen LogP contribution >= 0.6 is 0 Å². The number of nitrogens with one attached hydrogen (secondary N) is 1. The molecule has 1 aromatic carbocycles. The maximum atomic E-state index is 12.7. The van der Waals surface area contributed by atoms with Gasteiger partial charge in [-0.2, -0.15) is 26.3 Å². The van der Waals surface area contributed by atoms with E-state index in [9.17, 15) is 48.0 Å². The Bertz CT molecular complexity index is 868. The molecule has 1 rings (SSSR count). The Labute approximate surface area is 161 Å². The van der Waals surface area contributed by atoms with Gasteiger partial charge in [0, 0.05) is 6.54 Å². The summed E-state index contributed by atoms with van der Waals surface area (Å²) in [6, 6.07) is 8.08. The molecule has 7 nitrogen and oxygen atoms in total. The van der Waals surface area contributed by atoms with Crippen LogP contribution in [0.1, 0.15) is 18.9 Å². The minimum absolute atomic E-state index is 0.120. The first-order valence-electron chi connectivity index (χ1n) is 7.47. The second kappa shape index (κ2) is 8.77. The van der Waals surface area contributed by atoms with Crippen molar-refractivity contribution in [3.8, 4) is 0 Å². The third-order valence-electron chi connectivity index (χ3n) is 3.25. The van der Waals surface area contributed by atoms with Crippen molar-refractivity contribution in [2.75, 3.05) is 0 Å². The summed E-state index contributed by atoms with van der Waals surface area (Å²) in [6.07, 6.45) is -5.12. The van der Waals surface area contributed by atoms with Gasteiger partial charge < -0.3 is 10.1 Å². The molecule has 0 aliphatic heterocycles. The maximum Gasteiger partial charge on any atom is 0.469 e. The van der Waals surface area contributed by atoms with Crippen LogP contribution in [0, 0.1) is 4.58 Å². The summed E-state index contributed by atoms with van der Waals surface area (Å²) in [5.74, 6) is 0. The monoisotopic (exact) mass is 470 g/mol. The van der Waals surface area contributed by atoms with Gasteiger partial charge in [-0.1, -0.05) is 34.9 Å². The minimum atomic E-state index is -6.87. The van der Waals surface area contributed by atoms with E-state index in [0.717, 1.165) is 6.92 Å². The first-order valence-corrected chi connectivity index (χ1v) is 10.4. The molecule has 0 saturated carbocycles. The predicted octanol–water partition coefficient (Wildman–Crippen LogP) is 3.05. The van der Waals surface area contributed by atoms with E-state index < -0.39 is 53.9 Å². The van der Waals surface area contributed by atoms with Crippen LogP contribution < -0.4 is 5.32 Å². The molecule has 0 bridgehead atoms. The fraction of sp³-hybridized carbons (Fsp3) is 0.429. The number of amides is 1. The van der Waals surface area contributed by atoms with Gasteiger partial charge >= 0.3 is 17.1 Å². The number of hydrogen-bond donors (Lipinski definition) is 1. The van der Waals surface area contributed by atoms with E-state index >= 15 is 0 Å². The number of carbonyl (C=O) groups is 1. The zero-order chi connectivity index (χ0) is 22.7. The van der Waals surface area contributed by atoms with E-state index in [1.807, 2.05) is 0 Å². The van der Waals surface area contributed by atoms with Crippen LogP contribution in [0.3, 0.4) is 0 Å². The Morgan fingerprint density at radius 1 is 1.00 bits per heavy atom. The van der Waals surface area contributed by atoms with Crippen molar-refractivity contribution < 1.29 is 52.7 Å². The molecule has 15 heteroatoms.